The second-order valence-corrected chi connectivity index (χ2v) is 7.26. The molecule has 28 heavy (non-hydrogen) atoms. The number of pyridine rings is 1. The lowest BCUT2D eigenvalue weighted by Gasteiger charge is -2.10. The van der Waals surface area contributed by atoms with Crippen molar-refractivity contribution in [3.8, 4) is 0 Å². The zero-order chi connectivity index (χ0) is 20.4. The quantitative estimate of drug-likeness (QED) is 0.706. The Morgan fingerprint density at radius 1 is 1.14 bits per heavy atom. The van der Waals surface area contributed by atoms with Crippen LogP contribution in [0.15, 0.2) is 36.5 Å². The fourth-order valence-corrected chi connectivity index (χ4v) is 2.85. The summed E-state index contributed by atoms with van der Waals surface area (Å²) >= 11 is 0. The van der Waals surface area contributed by atoms with E-state index in [1.807, 2.05) is 26.8 Å². The van der Waals surface area contributed by atoms with E-state index in [0.29, 0.717) is 17.8 Å². The van der Waals surface area contributed by atoms with Crippen molar-refractivity contribution in [2.75, 3.05) is 11.9 Å². The molecule has 0 saturated heterocycles. The average molecular weight is 382 g/mol. The maximum atomic E-state index is 13.6. The van der Waals surface area contributed by atoms with E-state index in [4.69, 9.17) is 0 Å². The summed E-state index contributed by atoms with van der Waals surface area (Å²) in [4.78, 5) is 29.9. The van der Waals surface area contributed by atoms with Crippen molar-refractivity contribution in [1.82, 2.24) is 14.7 Å². The molecule has 6 nitrogen and oxygen atoms in total. The summed E-state index contributed by atoms with van der Waals surface area (Å²) in [5.41, 5.74) is 2.54. The predicted molar refractivity (Wildman–Crippen MR) is 106 cm³/mol. The minimum atomic E-state index is -0.518. The SMILES string of the molecule is Cc1ccc2nc(NC(=O)c3cc(F)ccc3C)c(C(=O)NCC(C)C)n2c1. The van der Waals surface area contributed by atoms with Crippen molar-refractivity contribution >= 4 is 23.3 Å². The lowest BCUT2D eigenvalue weighted by atomic mass is 10.1. The van der Waals surface area contributed by atoms with Crippen molar-refractivity contribution in [3.05, 3.63) is 64.7 Å². The summed E-state index contributed by atoms with van der Waals surface area (Å²) in [7, 11) is 0. The second-order valence-electron chi connectivity index (χ2n) is 7.26. The fourth-order valence-electron chi connectivity index (χ4n) is 2.85. The topological polar surface area (TPSA) is 75.5 Å². The predicted octanol–water partition coefficient (Wildman–Crippen LogP) is 3.73. The van der Waals surface area contributed by atoms with Crippen LogP contribution in [0, 0.1) is 25.6 Å². The summed E-state index contributed by atoms with van der Waals surface area (Å²) in [6.45, 7) is 8.11. The third kappa shape index (κ3) is 4.03. The van der Waals surface area contributed by atoms with Gasteiger partial charge in [-0.05, 0) is 49.1 Å². The molecule has 1 aromatic carbocycles. The number of anilines is 1. The van der Waals surface area contributed by atoms with E-state index in [1.165, 1.54) is 18.2 Å². The summed E-state index contributed by atoms with van der Waals surface area (Å²) in [5.74, 6) is -0.942. The van der Waals surface area contributed by atoms with Crippen LogP contribution in [0.4, 0.5) is 10.2 Å². The highest BCUT2D eigenvalue weighted by Crippen LogP contribution is 2.21. The van der Waals surface area contributed by atoms with E-state index in [2.05, 4.69) is 15.6 Å². The molecule has 0 aliphatic heterocycles. The first-order valence-electron chi connectivity index (χ1n) is 9.10. The van der Waals surface area contributed by atoms with Crippen LogP contribution < -0.4 is 10.6 Å². The molecule has 7 heteroatoms. The molecule has 3 rings (SSSR count). The minimum absolute atomic E-state index is 0.139. The largest absolute Gasteiger partial charge is 0.350 e. The molecule has 0 fully saturated rings. The van der Waals surface area contributed by atoms with Gasteiger partial charge in [0, 0.05) is 18.3 Å². The van der Waals surface area contributed by atoms with E-state index in [-0.39, 0.29) is 28.9 Å². The van der Waals surface area contributed by atoms with Crippen molar-refractivity contribution in [1.29, 1.82) is 0 Å². The maximum absolute atomic E-state index is 13.6. The van der Waals surface area contributed by atoms with Gasteiger partial charge >= 0.3 is 0 Å². The molecule has 0 unspecified atom stereocenters. The molecule has 0 aliphatic carbocycles. The van der Waals surface area contributed by atoms with Crippen molar-refractivity contribution in [3.63, 3.8) is 0 Å². The van der Waals surface area contributed by atoms with Gasteiger partial charge in [0.1, 0.15) is 11.5 Å². The van der Waals surface area contributed by atoms with E-state index in [0.717, 1.165) is 5.56 Å². The Bertz CT molecular complexity index is 1060. The Morgan fingerprint density at radius 3 is 2.61 bits per heavy atom. The molecule has 146 valence electrons. The number of benzene rings is 1. The van der Waals surface area contributed by atoms with E-state index < -0.39 is 11.7 Å². The van der Waals surface area contributed by atoms with Gasteiger partial charge in [-0.1, -0.05) is 26.0 Å². The molecule has 0 radical (unpaired) electrons. The number of fused-ring (bicyclic) bond motifs is 1. The van der Waals surface area contributed by atoms with Crippen molar-refractivity contribution < 1.29 is 14.0 Å². The Hall–Kier alpha value is -3.22. The number of carbonyl (C=O) groups is 2. The Balaban J connectivity index is 2.02. The molecule has 0 aliphatic rings. The molecule has 3 aromatic rings. The van der Waals surface area contributed by atoms with Gasteiger partial charge in [0.2, 0.25) is 0 Å². The highest BCUT2D eigenvalue weighted by Gasteiger charge is 2.22. The molecule has 2 amide bonds. The maximum Gasteiger partial charge on any atom is 0.272 e. The van der Waals surface area contributed by atoms with Crippen molar-refractivity contribution in [2.24, 2.45) is 5.92 Å². The van der Waals surface area contributed by atoms with Gasteiger partial charge < -0.3 is 10.6 Å². The van der Waals surface area contributed by atoms with Gasteiger partial charge in [-0.25, -0.2) is 9.37 Å². The van der Waals surface area contributed by atoms with Crippen LogP contribution in [-0.4, -0.2) is 27.7 Å². The van der Waals surface area contributed by atoms with Crippen LogP contribution in [0.1, 0.15) is 45.8 Å². The zero-order valence-electron chi connectivity index (χ0n) is 16.3. The molecule has 0 saturated carbocycles. The third-order valence-electron chi connectivity index (χ3n) is 4.33. The van der Waals surface area contributed by atoms with Gasteiger partial charge in [0.05, 0.1) is 0 Å². The first-order chi connectivity index (χ1) is 13.3. The third-order valence-corrected chi connectivity index (χ3v) is 4.33. The van der Waals surface area contributed by atoms with E-state index in [9.17, 15) is 14.0 Å². The molecule has 0 atom stereocenters. The number of aryl methyl sites for hydroxylation is 2. The number of halogens is 1. The number of nitrogens with one attached hydrogen (secondary N) is 2. The molecule has 0 spiro atoms. The number of hydrogen-bond donors (Lipinski definition) is 2. The molecule has 0 bridgehead atoms. The zero-order valence-corrected chi connectivity index (χ0v) is 16.3. The van der Waals surface area contributed by atoms with Gasteiger partial charge in [-0.2, -0.15) is 0 Å². The number of aromatic nitrogens is 2. The highest BCUT2D eigenvalue weighted by atomic mass is 19.1. The van der Waals surface area contributed by atoms with Gasteiger partial charge in [-0.3, -0.25) is 14.0 Å². The molecule has 2 N–H and O–H groups in total. The monoisotopic (exact) mass is 382 g/mol. The van der Waals surface area contributed by atoms with Crippen LogP contribution in [0.25, 0.3) is 5.65 Å². The lowest BCUT2D eigenvalue weighted by Crippen LogP contribution is -2.29. The van der Waals surface area contributed by atoms with Crippen LogP contribution in [-0.2, 0) is 0 Å². The number of carbonyl (C=O) groups excluding carboxylic acids is 2. The lowest BCUT2D eigenvalue weighted by molar-refractivity contribution is 0.0944. The van der Waals surface area contributed by atoms with Crippen LogP contribution in [0.5, 0.6) is 0 Å². The van der Waals surface area contributed by atoms with E-state index >= 15 is 0 Å². The summed E-state index contributed by atoms with van der Waals surface area (Å²) in [6, 6.07) is 7.65. The Labute approximate surface area is 162 Å². The molecule has 2 aromatic heterocycles. The number of amides is 2. The van der Waals surface area contributed by atoms with Crippen molar-refractivity contribution in [2.45, 2.75) is 27.7 Å². The summed E-state index contributed by atoms with van der Waals surface area (Å²) < 4.78 is 15.2. The fraction of sp³-hybridized carbons (Fsp3) is 0.286. The molecular formula is C21H23FN4O2. The smallest absolute Gasteiger partial charge is 0.272 e. The first-order valence-corrected chi connectivity index (χ1v) is 9.10. The van der Waals surface area contributed by atoms with Crippen LogP contribution in [0.2, 0.25) is 0 Å². The van der Waals surface area contributed by atoms with E-state index in [1.54, 1.807) is 23.6 Å². The molecule has 2 heterocycles. The van der Waals surface area contributed by atoms with Crippen LogP contribution in [0.3, 0.4) is 0 Å². The minimum Gasteiger partial charge on any atom is -0.350 e. The number of hydrogen-bond acceptors (Lipinski definition) is 3. The Morgan fingerprint density at radius 2 is 1.89 bits per heavy atom. The van der Waals surface area contributed by atoms with Gasteiger partial charge in [0.25, 0.3) is 11.8 Å². The molecular weight excluding hydrogens is 359 g/mol. The van der Waals surface area contributed by atoms with Gasteiger partial charge in [0.15, 0.2) is 11.5 Å². The number of imidazole rings is 1. The number of nitrogens with zero attached hydrogens (tertiary/aromatic N) is 2. The number of rotatable bonds is 5. The van der Waals surface area contributed by atoms with Crippen LogP contribution >= 0.6 is 0 Å². The average Bonchev–Trinajstić information content (AvgIpc) is 2.98. The standard InChI is InChI=1S/C21H23FN4O2/c1-12(2)10-23-21(28)18-19(24-17-8-5-13(3)11-26(17)18)25-20(27)16-9-15(22)7-6-14(16)4/h5-9,11-12H,10H2,1-4H3,(H,23,28)(H,25,27). The second kappa shape index (κ2) is 7.80. The first kappa shape index (κ1) is 19.5. The highest BCUT2D eigenvalue weighted by molar-refractivity contribution is 6.08. The summed E-state index contributed by atoms with van der Waals surface area (Å²) in [6.07, 6.45) is 1.79. The summed E-state index contributed by atoms with van der Waals surface area (Å²) in [5, 5.41) is 5.53. The van der Waals surface area contributed by atoms with Gasteiger partial charge in [-0.15, -0.1) is 0 Å². The Kier molecular flexibility index (Phi) is 5.44. The normalized spacial score (nSPS) is 11.1.